The van der Waals surface area contributed by atoms with Crippen LogP contribution in [0.5, 0.6) is 0 Å². The van der Waals surface area contributed by atoms with Crippen molar-refractivity contribution < 1.29 is 4.79 Å². The van der Waals surface area contributed by atoms with Gasteiger partial charge in [-0.1, -0.05) is 29.3 Å². The summed E-state index contributed by atoms with van der Waals surface area (Å²) in [5.74, 6) is -0.286. The van der Waals surface area contributed by atoms with Gasteiger partial charge in [-0.2, -0.15) is 0 Å². The molecule has 0 aliphatic rings. The molecule has 0 spiro atoms. The van der Waals surface area contributed by atoms with Gasteiger partial charge < -0.3 is 0 Å². The van der Waals surface area contributed by atoms with Crippen molar-refractivity contribution in [3.8, 4) is 0 Å². The average Bonchev–Trinajstić information content (AvgIpc) is 2.03. The van der Waals surface area contributed by atoms with E-state index < -0.39 is 0 Å². The van der Waals surface area contributed by atoms with Crippen LogP contribution in [0.25, 0.3) is 0 Å². The Kier molecular flexibility index (Phi) is 3.61. The van der Waals surface area contributed by atoms with E-state index in [4.69, 9.17) is 23.2 Å². The zero-order valence-electron chi connectivity index (χ0n) is 5.77. The number of benzene rings is 1. The first-order chi connectivity index (χ1) is 5.66. The van der Waals surface area contributed by atoms with Crippen LogP contribution in [0.3, 0.4) is 0 Å². The molecule has 0 fully saturated rings. The molecule has 12 heavy (non-hydrogen) atoms. The third-order valence-corrected chi connectivity index (χ3v) is 2.40. The number of rotatable bonds is 1. The molecule has 0 saturated heterocycles. The van der Waals surface area contributed by atoms with Gasteiger partial charge >= 0.3 is 0 Å². The second-order valence-electron chi connectivity index (χ2n) is 2.02. The number of hydrogen-bond donors (Lipinski definition) is 1. The summed E-state index contributed by atoms with van der Waals surface area (Å²) in [7, 11) is 0. The van der Waals surface area contributed by atoms with E-state index in [1.54, 1.807) is 41.1 Å². The molecule has 0 saturated carbocycles. The molecule has 0 atom stereocenters. The van der Waals surface area contributed by atoms with Crippen LogP contribution in [0.1, 0.15) is 10.4 Å². The van der Waals surface area contributed by atoms with E-state index in [-0.39, 0.29) is 5.91 Å². The van der Waals surface area contributed by atoms with Gasteiger partial charge in [-0.3, -0.25) is 8.32 Å². The topological polar surface area (TPSA) is 29.1 Å². The molecular formula is C7H4Cl2INO. The van der Waals surface area contributed by atoms with E-state index in [1.165, 1.54) is 0 Å². The van der Waals surface area contributed by atoms with Crippen molar-refractivity contribution in [3.05, 3.63) is 33.8 Å². The van der Waals surface area contributed by atoms with Gasteiger partial charge in [0.2, 0.25) is 0 Å². The molecule has 0 heterocycles. The number of nitrogens with one attached hydrogen (secondary N) is 1. The van der Waals surface area contributed by atoms with Crippen LogP contribution in [0.15, 0.2) is 18.2 Å². The van der Waals surface area contributed by atoms with E-state index in [0.29, 0.717) is 15.6 Å². The van der Waals surface area contributed by atoms with Gasteiger partial charge in [-0.25, -0.2) is 0 Å². The molecular weight excluding hydrogens is 312 g/mol. The Bertz CT molecular complexity index is 296. The predicted molar refractivity (Wildman–Crippen MR) is 57.9 cm³/mol. The Balaban J connectivity index is 3.21. The van der Waals surface area contributed by atoms with Crippen molar-refractivity contribution >= 4 is 52.0 Å². The quantitative estimate of drug-likeness (QED) is 0.626. The molecule has 2 nitrogen and oxygen atoms in total. The molecule has 0 aliphatic heterocycles. The Hall–Kier alpha value is -0.000000000000000111. The molecule has 1 N–H and O–H groups in total. The normalized spacial score (nSPS) is 9.58. The summed E-state index contributed by atoms with van der Waals surface area (Å²) in [4.78, 5) is 11.2. The maximum atomic E-state index is 11.2. The molecule has 64 valence electrons. The number of carbonyl (C=O) groups is 1. The van der Waals surface area contributed by atoms with E-state index in [9.17, 15) is 4.79 Å². The lowest BCUT2D eigenvalue weighted by molar-refractivity contribution is 0.0990. The summed E-state index contributed by atoms with van der Waals surface area (Å²) >= 11 is 13.2. The van der Waals surface area contributed by atoms with Crippen molar-refractivity contribution in [2.45, 2.75) is 0 Å². The molecule has 1 amide bonds. The lowest BCUT2D eigenvalue weighted by Gasteiger charge is -2.02. The van der Waals surface area contributed by atoms with Gasteiger partial charge in [-0.15, -0.1) is 0 Å². The van der Waals surface area contributed by atoms with Gasteiger partial charge in [0.05, 0.1) is 38.5 Å². The molecule has 5 heteroatoms. The van der Waals surface area contributed by atoms with Gasteiger partial charge in [0, 0.05) is 0 Å². The summed E-state index contributed by atoms with van der Waals surface area (Å²) in [6.07, 6.45) is 0. The van der Waals surface area contributed by atoms with Crippen molar-refractivity contribution in [1.29, 1.82) is 0 Å². The first kappa shape index (κ1) is 10.1. The fourth-order valence-corrected chi connectivity index (χ4v) is 1.60. The predicted octanol–water partition coefficient (Wildman–Crippen LogP) is 3.07. The molecule has 0 bridgehead atoms. The third-order valence-electron chi connectivity index (χ3n) is 1.28. The van der Waals surface area contributed by atoms with Gasteiger partial charge in [0.15, 0.2) is 0 Å². The maximum absolute atomic E-state index is 11.2. The molecule has 0 radical (unpaired) electrons. The highest BCUT2D eigenvalue weighted by Crippen LogP contribution is 2.23. The largest absolute Gasteiger partial charge is 0.295 e. The van der Waals surface area contributed by atoms with Gasteiger partial charge in [0.25, 0.3) is 5.91 Å². The summed E-state index contributed by atoms with van der Waals surface area (Å²) in [6.45, 7) is 0. The standard InChI is InChI=1S/C7H4Cl2INO/c8-4-2-1-3-5(9)6(4)7(12)11-10/h1-3H,(H,11,12). The van der Waals surface area contributed by atoms with Crippen LogP contribution >= 0.6 is 46.1 Å². The van der Waals surface area contributed by atoms with Crippen LogP contribution in [-0.4, -0.2) is 5.91 Å². The highest BCUT2D eigenvalue weighted by Gasteiger charge is 2.12. The Morgan fingerprint density at radius 2 is 1.83 bits per heavy atom. The minimum atomic E-state index is -0.286. The van der Waals surface area contributed by atoms with Gasteiger partial charge in [-0.05, 0) is 12.1 Å². The van der Waals surface area contributed by atoms with E-state index >= 15 is 0 Å². The van der Waals surface area contributed by atoms with E-state index in [2.05, 4.69) is 3.53 Å². The fourth-order valence-electron chi connectivity index (χ4n) is 0.762. The molecule has 1 rings (SSSR count). The minimum absolute atomic E-state index is 0.286. The third kappa shape index (κ3) is 2.02. The summed E-state index contributed by atoms with van der Waals surface area (Å²) in [5.41, 5.74) is 0.315. The number of carbonyl (C=O) groups excluding carboxylic acids is 1. The number of amides is 1. The second kappa shape index (κ2) is 4.30. The number of hydrogen-bond acceptors (Lipinski definition) is 1. The minimum Gasteiger partial charge on any atom is -0.295 e. The summed E-state index contributed by atoms with van der Waals surface area (Å²) < 4.78 is 2.43. The smallest absolute Gasteiger partial charge is 0.262 e. The van der Waals surface area contributed by atoms with Crippen molar-refractivity contribution in [3.63, 3.8) is 0 Å². The van der Waals surface area contributed by atoms with E-state index in [0.717, 1.165) is 0 Å². The van der Waals surface area contributed by atoms with Crippen molar-refractivity contribution in [1.82, 2.24) is 3.53 Å². The molecule has 0 aromatic heterocycles. The zero-order valence-corrected chi connectivity index (χ0v) is 9.44. The monoisotopic (exact) mass is 315 g/mol. The van der Waals surface area contributed by atoms with Crippen LogP contribution < -0.4 is 3.53 Å². The molecule has 0 aliphatic carbocycles. The first-order valence-corrected chi connectivity index (χ1v) is 4.85. The average molecular weight is 316 g/mol. The molecule has 0 unspecified atom stereocenters. The summed E-state index contributed by atoms with van der Waals surface area (Å²) in [6, 6.07) is 4.93. The van der Waals surface area contributed by atoms with Crippen LogP contribution in [0.4, 0.5) is 0 Å². The fraction of sp³-hybridized carbons (Fsp3) is 0. The van der Waals surface area contributed by atoms with E-state index in [1.807, 2.05) is 0 Å². The van der Waals surface area contributed by atoms with Crippen LogP contribution in [-0.2, 0) is 0 Å². The zero-order chi connectivity index (χ0) is 9.14. The Labute approximate surface area is 93.7 Å². The molecule has 1 aromatic carbocycles. The SMILES string of the molecule is O=C(NI)c1c(Cl)cccc1Cl. The summed E-state index contributed by atoms with van der Waals surface area (Å²) in [5, 5.41) is 0.716. The Morgan fingerprint density at radius 1 is 1.33 bits per heavy atom. The van der Waals surface area contributed by atoms with Gasteiger partial charge in [0.1, 0.15) is 0 Å². The Morgan fingerprint density at radius 3 is 2.25 bits per heavy atom. The number of halogens is 3. The van der Waals surface area contributed by atoms with Crippen molar-refractivity contribution in [2.24, 2.45) is 0 Å². The van der Waals surface area contributed by atoms with Crippen LogP contribution in [0.2, 0.25) is 10.0 Å². The lowest BCUT2D eigenvalue weighted by atomic mass is 10.2. The van der Waals surface area contributed by atoms with Crippen LogP contribution in [0, 0.1) is 0 Å². The van der Waals surface area contributed by atoms with Crippen molar-refractivity contribution in [2.75, 3.05) is 0 Å². The molecule has 1 aromatic rings. The maximum Gasteiger partial charge on any atom is 0.262 e. The lowest BCUT2D eigenvalue weighted by Crippen LogP contribution is -2.12. The first-order valence-electron chi connectivity index (χ1n) is 3.02. The second-order valence-corrected chi connectivity index (χ2v) is 3.37. The highest BCUT2D eigenvalue weighted by atomic mass is 127. The highest BCUT2D eigenvalue weighted by molar-refractivity contribution is 14.1.